The Kier molecular flexibility index (Phi) is 7.95. The molecule has 0 fully saturated rings. The summed E-state index contributed by atoms with van der Waals surface area (Å²) in [5.41, 5.74) is 8.02. The third-order valence-corrected chi connectivity index (χ3v) is 2.66. The molecule has 86 valence electrons. The quantitative estimate of drug-likeness (QED) is 0.251. The second-order valence-electron chi connectivity index (χ2n) is 3.19. The standard InChI is InChI=1S/C7H19N2O3PS/c1-5(2)11-13(10)12-9-7(8)14-6(3)4/h5-6,9-10,14H,8H2,1-4H3. The number of nitrogens with two attached hydrogens (primary N) is 1. The van der Waals surface area contributed by atoms with Crippen LogP contribution in [0.3, 0.4) is 0 Å². The van der Waals surface area contributed by atoms with Crippen molar-refractivity contribution >= 4 is 25.1 Å². The van der Waals surface area contributed by atoms with Gasteiger partial charge in [0.1, 0.15) is 5.11 Å². The Balaban J connectivity index is 3.71. The largest absolute Gasteiger partial charge is 0.348 e. The normalized spacial score (nSPS) is 15.9. The lowest BCUT2D eigenvalue weighted by atomic mass is 10.5. The van der Waals surface area contributed by atoms with E-state index in [1.165, 1.54) is 0 Å². The van der Waals surface area contributed by atoms with Crippen LogP contribution in [0.25, 0.3) is 0 Å². The number of rotatable bonds is 5. The van der Waals surface area contributed by atoms with Crippen molar-refractivity contribution in [2.24, 2.45) is 5.73 Å². The Morgan fingerprint density at radius 1 is 1.43 bits per heavy atom. The Hall–Kier alpha value is 0.450. The van der Waals surface area contributed by atoms with E-state index in [0.29, 0.717) is 10.4 Å². The molecular weight excluding hydrogens is 223 g/mol. The summed E-state index contributed by atoms with van der Waals surface area (Å²) in [7, 11) is -1.89. The highest BCUT2D eigenvalue weighted by atomic mass is 32.1. The van der Waals surface area contributed by atoms with E-state index in [1.54, 1.807) is 0 Å². The second-order valence-corrected chi connectivity index (χ2v) is 5.84. The zero-order chi connectivity index (χ0) is 11.1. The molecule has 4 N–H and O–H groups in total. The number of nitrogens with one attached hydrogen (secondary N) is 1. The molecule has 0 aliphatic rings. The van der Waals surface area contributed by atoms with Crippen molar-refractivity contribution in [2.75, 3.05) is 0 Å². The lowest BCUT2D eigenvalue weighted by Crippen LogP contribution is -2.29. The lowest BCUT2D eigenvalue weighted by molar-refractivity contribution is 0.144. The van der Waals surface area contributed by atoms with Gasteiger partial charge in [-0.2, -0.15) is 11.4 Å². The van der Waals surface area contributed by atoms with Crippen LogP contribution in [0.2, 0.25) is 0 Å². The fourth-order valence-electron chi connectivity index (χ4n) is 0.592. The summed E-state index contributed by atoms with van der Waals surface area (Å²) < 4.78 is 9.76. The van der Waals surface area contributed by atoms with Crippen LogP contribution in [0.5, 0.6) is 0 Å². The molecule has 0 aromatic carbocycles. The van der Waals surface area contributed by atoms with Crippen molar-refractivity contribution in [3.8, 4) is 0 Å². The predicted molar refractivity (Wildman–Crippen MR) is 62.9 cm³/mol. The first-order valence-electron chi connectivity index (χ1n) is 4.33. The van der Waals surface area contributed by atoms with Crippen LogP contribution in [0.1, 0.15) is 27.7 Å². The number of hydrogen-bond acceptors (Lipinski definition) is 3. The predicted octanol–water partition coefficient (Wildman–Crippen LogP) is 1.07. The molecule has 14 heavy (non-hydrogen) atoms. The van der Waals surface area contributed by atoms with E-state index in [-0.39, 0.29) is 6.10 Å². The van der Waals surface area contributed by atoms with Gasteiger partial charge in [-0.15, -0.1) is 5.48 Å². The van der Waals surface area contributed by atoms with Gasteiger partial charge in [0.15, 0.2) is 0 Å². The molecule has 0 aromatic heterocycles. The molecule has 5 nitrogen and oxygen atoms in total. The molecule has 1 atom stereocenters. The van der Waals surface area contributed by atoms with Crippen LogP contribution in [0.15, 0.2) is 0 Å². The van der Waals surface area contributed by atoms with E-state index in [9.17, 15) is 4.89 Å². The van der Waals surface area contributed by atoms with Crippen molar-refractivity contribution in [2.45, 2.75) is 39.0 Å². The third kappa shape index (κ3) is 9.02. The van der Waals surface area contributed by atoms with Crippen molar-refractivity contribution in [3.63, 3.8) is 0 Å². The maximum atomic E-state index is 9.19. The zero-order valence-corrected chi connectivity index (χ0v) is 10.7. The Labute approximate surface area is 89.9 Å². The average Bonchev–Trinajstić information content (AvgIpc) is 1.98. The fourth-order valence-corrected chi connectivity index (χ4v) is 1.90. The van der Waals surface area contributed by atoms with Gasteiger partial charge in [-0.25, -0.2) is 4.62 Å². The lowest BCUT2D eigenvalue weighted by Gasteiger charge is -2.13. The monoisotopic (exact) mass is 242 g/mol. The highest BCUT2D eigenvalue weighted by Crippen LogP contribution is 2.32. The summed E-state index contributed by atoms with van der Waals surface area (Å²) in [6, 6.07) is 0. The van der Waals surface area contributed by atoms with Gasteiger partial charge in [0.25, 0.3) is 0 Å². The topological polar surface area (TPSA) is 76.7 Å². The number of hydroxylamine groups is 1. The van der Waals surface area contributed by atoms with Gasteiger partial charge in [-0.1, -0.05) is 13.8 Å². The van der Waals surface area contributed by atoms with E-state index in [2.05, 4.69) is 5.48 Å². The van der Waals surface area contributed by atoms with E-state index in [0.717, 1.165) is 11.4 Å². The van der Waals surface area contributed by atoms with Crippen LogP contribution in [-0.4, -0.2) is 21.4 Å². The smallest absolute Gasteiger partial charge is 0.327 e. The summed E-state index contributed by atoms with van der Waals surface area (Å²) in [5, 5.41) is 0.885. The Morgan fingerprint density at radius 2 is 2.00 bits per heavy atom. The van der Waals surface area contributed by atoms with Crippen LogP contribution < -0.4 is 11.2 Å². The SMILES string of the molecule is CC(C)OP(O)ONC(N)=[SH]C(C)C. The van der Waals surface area contributed by atoms with Crippen molar-refractivity contribution < 1.29 is 14.0 Å². The molecule has 0 heterocycles. The van der Waals surface area contributed by atoms with Gasteiger partial charge in [0.2, 0.25) is 0 Å². The number of thiol groups is 1. The minimum atomic E-state index is -1.89. The maximum absolute atomic E-state index is 9.19. The summed E-state index contributed by atoms with van der Waals surface area (Å²) >= 11 is 0.939. The van der Waals surface area contributed by atoms with Gasteiger partial charge in [-0.3, -0.25) is 5.73 Å². The van der Waals surface area contributed by atoms with E-state index < -0.39 is 8.60 Å². The first-order chi connectivity index (χ1) is 6.41. The molecule has 0 radical (unpaired) electrons. The fraction of sp³-hybridized carbons (Fsp3) is 0.857. The van der Waals surface area contributed by atoms with E-state index in [1.807, 2.05) is 27.7 Å². The molecule has 0 rings (SSSR count). The molecule has 1 unspecified atom stereocenters. The average molecular weight is 242 g/mol. The van der Waals surface area contributed by atoms with Crippen LogP contribution in [-0.2, 0) is 9.15 Å². The van der Waals surface area contributed by atoms with Crippen molar-refractivity contribution in [3.05, 3.63) is 0 Å². The van der Waals surface area contributed by atoms with Crippen molar-refractivity contribution in [1.29, 1.82) is 0 Å². The second kappa shape index (κ2) is 7.70. The highest BCUT2D eigenvalue weighted by Gasteiger charge is 2.09. The molecule has 0 aromatic rings. The molecule has 0 spiro atoms. The van der Waals surface area contributed by atoms with Gasteiger partial charge in [0.05, 0.1) is 6.10 Å². The van der Waals surface area contributed by atoms with E-state index in [4.69, 9.17) is 14.9 Å². The Bertz CT molecular complexity index is 190. The number of hydrogen-bond donors (Lipinski definition) is 4. The third-order valence-electron chi connectivity index (χ3n) is 0.927. The first-order valence-corrected chi connectivity index (χ1v) is 6.43. The highest BCUT2D eigenvalue weighted by molar-refractivity contribution is 7.99. The van der Waals surface area contributed by atoms with Crippen LogP contribution in [0, 0.1) is 0 Å². The zero-order valence-electron chi connectivity index (χ0n) is 8.89. The molecule has 0 saturated carbocycles. The van der Waals surface area contributed by atoms with Gasteiger partial charge >= 0.3 is 8.60 Å². The van der Waals surface area contributed by atoms with Gasteiger partial charge in [-0.05, 0) is 19.1 Å². The van der Waals surface area contributed by atoms with Crippen LogP contribution >= 0.6 is 20.0 Å². The maximum Gasteiger partial charge on any atom is 0.348 e. The molecule has 0 aliphatic heterocycles. The minimum absolute atomic E-state index is 0.0724. The van der Waals surface area contributed by atoms with Gasteiger partial charge < -0.3 is 9.42 Å². The summed E-state index contributed by atoms with van der Waals surface area (Å²) in [6.07, 6.45) is -0.0724. The van der Waals surface area contributed by atoms with Crippen molar-refractivity contribution in [1.82, 2.24) is 5.48 Å². The summed E-state index contributed by atoms with van der Waals surface area (Å²) in [4.78, 5) is 9.19. The van der Waals surface area contributed by atoms with E-state index >= 15 is 0 Å². The minimum Gasteiger partial charge on any atom is -0.327 e. The molecule has 0 aliphatic carbocycles. The molecule has 7 heteroatoms. The molecule has 0 amide bonds. The first kappa shape index (κ1) is 14.5. The summed E-state index contributed by atoms with van der Waals surface area (Å²) in [5.74, 6) is 0. The summed E-state index contributed by atoms with van der Waals surface area (Å²) in [6.45, 7) is 7.69. The van der Waals surface area contributed by atoms with Gasteiger partial charge in [0, 0.05) is 0 Å². The Morgan fingerprint density at radius 3 is 2.43 bits per heavy atom. The van der Waals surface area contributed by atoms with Crippen LogP contribution in [0.4, 0.5) is 0 Å². The molecule has 0 bridgehead atoms. The molecule has 0 saturated heterocycles. The molecular formula is C7H19N2O3PS.